The van der Waals surface area contributed by atoms with Gasteiger partial charge in [0.2, 0.25) is 0 Å². The molecule has 4 heteroatoms. The minimum Gasteiger partial charge on any atom is -0.289 e. The predicted molar refractivity (Wildman–Crippen MR) is 68.8 cm³/mol. The Kier molecular flexibility index (Phi) is 2.46. The Hall–Kier alpha value is -1.65. The highest BCUT2D eigenvalue weighted by Gasteiger charge is 2.20. The molecule has 0 saturated heterocycles. The van der Waals surface area contributed by atoms with Crippen LogP contribution in [0.3, 0.4) is 0 Å². The molecule has 0 bridgehead atoms. The predicted octanol–water partition coefficient (Wildman–Crippen LogP) is 2.12. The van der Waals surface area contributed by atoms with Gasteiger partial charge in [0, 0.05) is 4.88 Å². The lowest BCUT2D eigenvalue weighted by Gasteiger charge is -2.15. The Balaban J connectivity index is 2.13. The molecule has 0 saturated carbocycles. The summed E-state index contributed by atoms with van der Waals surface area (Å²) in [6.45, 7) is 0. The van der Waals surface area contributed by atoms with E-state index >= 15 is 0 Å². The van der Waals surface area contributed by atoms with Gasteiger partial charge in [-0.3, -0.25) is 10.2 Å². The van der Waals surface area contributed by atoms with Crippen molar-refractivity contribution in [1.29, 1.82) is 0 Å². The molecule has 1 amide bonds. The number of nitrogens with one attached hydrogen (secondary N) is 1. The summed E-state index contributed by atoms with van der Waals surface area (Å²) in [6.07, 6.45) is 2.05. The van der Waals surface area contributed by atoms with Crippen molar-refractivity contribution in [2.75, 3.05) is 0 Å². The lowest BCUT2D eigenvalue weighted by molar-refractivity contribution is 0.0957. The van der Waals surface area contributed by atoms with Gasteiger partial charge in [0.05, 0.1) is 4.88 Å². The van der Waals surface area contributed by atoms with Gasteiger partial charge in [-0.1, -0.05) is 24.3 Å². The lowest BCUT2D eigenvalue weighted by atomic mass is 9.91. The molecular formula is C13H12N2OS. The van der Waals surface area contributed by atoms with E-state index in [0.29, 0.717) is 4.88 Å². The minimum atomic E-state index is -0.207. The number of nitrogen functional groups attached to an aromatic ring is 1. The fourth-order valence-electron chi connectivity index (χ4n) is 2.25. The second kappa shape index (κ2) is 3.98. The summed E-state index contributed by atoms with van der Waals surface area (Å²) < 4.78 is 0. The van der Waals surface area contributed by atoms with Crippen LogP contribution in [0.4, 0.5) is 0 Å². The van der Waals surface area contributed by atoms with Crippen molar-refractivity contribution in [1.82, 2.24) is 5.43 Å². The number of hydrazine groups is 1. The number of carbonyl (C=O) groups is 1. The summed E-state index contributed by atoms with van der Waals surface area (Å²) >= 11 is 1.52. The summed E-state index contributed by atoms with van der Waals surface area (Å²) in [6, 6.07) is 10.3. The number of thiophene rings is 1. The third-order valence-corrected chi connectivity index (χ3v) is 4.30. The van der Waals surface area contributed by atoms with E-state index in [4.69, 9.17) is 5.84 Å². The van der Waals surface area contributed by atoms with Crippen LogP contribution in [-0.2, 0) is 12.8 Å². The number of hydrogen-bond acceptors (Lipinski definition) is 3. The Morgan fingerprint density at radius 1 is 1.24 bits per heavy atom. The number of carbonyl (C=O) groups excluding carboxylic acids is 1. The van der Waals surface area contributed by atoms with Crippen LogP contribution in [0.25, 0.3) is 10.4 Å². The largest absolute Gasteiger partial charge is 0.289 e. The van der Waals surface area contributed by atoms with Gasteiger partial charge >= 0.3 is 0 Å². The van der Waals surface area contributed by atoms with Crippen LogP contribution in [0.1, 0.15) is 20.8 Å². The van der Waals surface area contributed by atoms with Gasteiger partial charge in [0.15, 0.2) is 0 Å². The van der Waals surface area contributed by atoms with Crippen LogP contribution in [0.2, 0.25) is 0 Å². The molecule has 0 spiro atoms. The third-order valence-electron chi connectivity index (χ3n) is 3.09. The highest BCUT2D eigenvalue weighted by atomic mass is 32.1. The zero-order chi connectivity index (χ0) is 11.8. The topological polar surface area (TPSA) is 55.1 Å². The van der Waals surface area contributed by atoms with E-state index in [2.05, 4.69) is 23.6 Å². The molecule has 1 aliphatic rings. The van der Waals surface area contributed by atoms with Gasteiger partial charge in [-0.2, -0.15) is 0 Å². The summed E-state index contributed by atoms with van der Waals surface area (Å²) in [7, 11) is 0. The van der Waals surface area contributed by atoms with Crippen molar-refractivity contribution in [2.45, 2.75) is 12.8 Å². The van der Waals surface area contributed by atoms with Crippen molar-refractivity contribution >= 4 is 17.2 Å². The van der Waals surface area contributed by atoms with Gasteiger partial charge in [-0.25, -0.2) is 5.84 Å². The van der Waals surface area contributed by atoms with Gasteiger partial charge in [0.25, 0.3) is 5.91 Å². The smallest absolute Gasteiger partial charge is 0.275 e. The first-order chi connectivity index (χ1) is 8.29. The quantitative estimate of drug-likeness (QED) is 0.458. The Morgan fingerprint density at radius 3 is 2.82 bits per heavy atom. The molecule has 1 heterocycles. The SMILES string of the molecule is NNC(=O)c1cc2c(s1)-c1ccccc1CC2. The standard InChI is InChI=1S/C13H12N2OS/c14-15-13(16)11-7-9-6-5-8-3-1-2-4-10(8)12(9)17-11/h1-4,7H,5-6,14H2,(H,15,16). The van der Waals surface area contributed by atoms with Crippen molar-refractivity contribution < 1.29 is 4.79 Å². The number of hydrogen-bond donors (Lipinski definition) is 2. The maximum absolute atomic E-state index is 11.5. The molecule has 3 N–H and O–H groups in total. The summed E-state index contributed by atoms with van der Waals surface area (Å²) in [5.41, 5.74) is 6.06. The number of nitrogens with two attached hydrogens (primary N) is 1. The third kappa shape index (κ3) is 1.66. The normalized spacial score (nSPS) is 12.8. The Labute approximate surface area is 103 Å². The van der Waals surface area contributed by atoms with E-state index in [1.807, 2.05) is 12.1 Å². The first-order valence-corrected chi connectivity index (χ1v) is 6.33. The molecule has 0 aliphatic heterocycles. The average molecular weight is 244 g/mol. The number of aryl methyl sites for hydroxylation is 2. The Morgan fingerprint density at radius 2 is 2.00 bits per heavy atom. The molecule has 0 fully saturated rings. The van der Waals surface area contributed by atoms with Gasteiger partial charge in [-0.05, 0) is 35.6 Å². The molecule has 1 aliphatic carbocycles. The van der Waals surface area contributed by atoms with Crippen molar-refractivity contribution in [3.63, 3.8) is 0 Å². The number of rotatable bonds is 1. The number of benzene rings is 1. The molecule has 3 nitrogen and oxygen atoms in total. The maximum atomic E-state index is 11.5. The van der Waals surface area contributed by atoms with Crippen LogP contribution < -0.4 is 11.3 Å². The van der Waals surface area contributed by atoms with E-state index in [1.54, 1.807) is 0 Å². The molecule has 17 heavy (non-hydrogen) atoms. The molecule has 1 aromatic heterocycles. The van der Waals surface area contributed by atoms with E-state index in [-0.39, 0.29) is 5.91 Å². The average Bonchev–Trinajstić information content (AvgIpc) is 2.82. The molecule has 0 unspecified atom stereocenters. The van der Waals surface area contributed by atoms with E-state index in [9.17, 15) is 4.79 Å². The fourth-order valence-corrected chi connectivity index (χ4v) is 3.43. The van der Waals surface area contributed by atoms with Crippen molar-refractivity contribution in [2.24, 2.45) is 5.84 Å². The first-order valence-electron chi connectivity index (χ1n) is 5.51. The highest BCUT2D eigenvalue weighted by Crippen LogP contribution is 2.39. The second-order valence-corrected chi connectivity index (χ2v) is 5.15. The van der Waals surface area contributed by atoms with Crippen molar-refractivity contribution in [3.05, 3.63) is 46.3 Å². The minimum absolute atomic E-state index is 0.207. The van der Waals surface area contributed by atoms with Crippen LogP contribution in [-0.4, -0.2) is 5.91 Å². The molecule has 0 atom stereocenters. The fraction of sp³-hybridized carbons (Fsp3) is 0.154. The Bertz CT molecular complexity index is 589. The molecule has 2 aromatic rings. The van der Waals surface area contributed by atoms with E-state index in [0.717, 1.165) is 12.8 Å². The summed E-state index contributed by atoms with van der Waals surface area (Å²) in [5, 5.41) is 0. The maximum Gasteiger partial charge on any atom is 0.275 e. The van der Waals surface area contributed by atoms with Gasteiger partial charge in [-0.15, -0.1) is 11.3 Å². The van der Waals surface area contributed by atoms with E-state index < -0.39 is 0 Å². The molecule has 0 radical (unpaired) electrons. The molecule has 86 valence electrons. The number of fused-ring (bicyclic) bond motifs is 3. The molecular weight excluding hydrogens is 232 g/mol. The lowest BCUT2D eigenvalue weighted by Crippen LogP contribution is -2.29. The highest BCUT2D eigenvalue weighted by molar-refractivity contribution is 7.17. The van der Waals surface area contributed by atoms with Crippen LogP contribution in [0, 0.1) is 0 Å². The first kappa shape index (κ1) is 10.5. The van der Waals surface area contributed by atoms with Crippen molar-refractivity contribution in [3.8, 4) is 10.4 Å². The summed E-state index contributed by atoms with van der Waals surface area (Å²) in [5.74, 6) is 4.96. The van der Waals surface area contributed by atoms with E-state index in [1.165, 1.54) is 32.9 Å². The molecule has 3 rings (SSSR count). The monoisotopic (exact) mass is 244 g/mol. The molecule has 1 aromatic carbocycles. The summed E-state index contributed by atoms with van der Waals surface area (Å²) in [4.78, 5) is 13.4. The number of amides is 1. The zero-order valence-corrected chi connectivity index (χ0v) is 10.0. The van der Waals surface area contributed by atoms with Gasteiger partial charge in [0.1, 0.15) is 0 Å². The van der Waals surface area contributed by atoms with Gasteiger partial charge < -0.3 is 0 Å². The van der Waals surface area contributed by atoms with Crippen LogP contribution in [0.15, 0.2) is 30.3 Å². The van der Waals surface area contributed by atoms with Crippen LogP contribution >= 0.6 is 11.3 Å². The second-order valence-electron chi connectivity index (χ2n) is 4.10. The zero-order valence-electron chi connectivity index (χ0n) is 9.19. The van der Waals surface area contributed by atoms with Crippen LogP contribution in [0.5, 0.6) is 0 Å².